The van der Waals surface area contributed by atoms with Gasteiger partial charge in [-0.15, -0.1) is 5.06 Å². The van der Waals surface area contributed by atoms with Gasteiger partial charge in [-0.2, -0.15) is 0 Å². The summed E-state index contributed by atoms with van der Waals surface area (Å²) in [5.74, 6) is -0.577. The van der Waals surface area contributed by atoms with Crippen LogP contribution in [0.15, 0.2) is 24.3 Å². The monoisotopic (exact) mass is 387 g/mol. The summed E-state index contributed by atoms with van der Waals surface area (Å²) in [4.78, 5) is 45.8. The van der Waals surface area contributed by atoms with E-state index in [1.807, 2.05) is 20.8 Å². The number of hydroxylamine groups is 2. The van der Waals surface area contributed by atoms with E-state index in [2.05, 4.69) is 4.90 Å². The molecule has 0 spiro atoms. The zero-order chi connectivity index (χ0) is 20.3. The number of rotatable bonds is 6. The van der Waals surface area contributed by atoms with Gasteiger partial charge in [-0.25, -0.2) is 4.79 Å². The van der Waals surface area contributed by atoms with Crippen molar-refractivity contribution in [2.45, 2.75) is 33.6 Å². The van der Waals surface area contributed by atoms with Crippen LogP contribution in [0, 0.1) is 5.41 Å². The molecule has 2 aliphatic heterocycles. The normalized spacial score (nSPS) is 18.5. The van der Waals surface area contributed by atoms with Gasteiger partial charge in [0.15, 0.2) is 0 Å². The van der Waals surface area contributed by atoms with Crippen LogP contribution in [0.2, 0.25) is 0 Å². The van der Waals surface area contributed by atoms with Crippen molar-refractivity contribution >= 4 is 17.8 Å². The highest BCUT2D eigenvalue weighted by Crippen LogP contribution is 2.22. The average Bonchev–Trinajstić information content (AvgIpc) is 2.90. The summed E-state index contributed by atoms with van der Waals surface area (Å²) in [6, 6.07) is 6.99. The van der Waals surface area contributed by atoms with E-state index in [9.17, 15) is 14.4 Å². The van der Waals surface area contributed by atoms with Crippen molar-refractivity contribution in [3.8, 4) is 0 Å². The summed E-state index contributed by atoms with van der Waals surface area (Å²) < 4.78 is 0. The van der Waals surface area contributed by atoms with E-state index in [1.165, 1.54) is 4.90 Å². The lowest BCUT2D eigenvalue weighted by atomic mass is 9.98. The summed E-state index contributed by atoms with van der Waals surface area (Å²) >= 11 is 0. The number of nitrogens with zero attached hydrogens (tertiary/aromatic N) is 3. The Balaban J connectivity index is 1.36. The molecule has 1 aromatic carbocycles. The van der Waals surface area contributed by atoms with Gasteiger partial charge in [0.1, 0.15) is 0 Å². The van der Waals surface area contributed by atoms with E-state index in [-0.39, 0.29) is 17.8 Å². The molecule has 7 nitrogen and oxygen atoms in total. The van der Waals surface area contributed by atoms with Crippen LogP contribution in [0.3, 0.4) is 0 Å². The minimum atomic E-state index is -0.499. The molecule has 0 bridgehead atoms. The number of imide groups is 1. The number of fused-ring (bicyclic) bond motifs is 1. The van der Waals surface area contributed by atoms with Crippen LogP contribution in [-0.4, -0.2) is 71.9 Å². The third-order valence-corrected chi connectivity index (χ3v) is 5.14. The van der Waals surface area contributed by atoms with Crippen molar-refractivity contribution in [2.24, 2.45) is 5.41 Å². The summed E-state index contributed by atoms with van der Waals surface area (Å²) in [7, 11) is 0. The minimum absolute atomic E-state index is 0.185. The van der Waals surface area contributed by atoms with Crippen LogP contribution >= 0.6 is 0 Å². The summed E-state index contributed by atoms with van der Waals surface area (Å²) in [6.45, 7) is 9.97. The summed E-state index contributed by atoms with van der Waals surface area (Å²) in [5.41, 5.74) is 0.517. The maximum atomic E-state index is 12.3. The lowest BCUT2D eigenvalue weighted by molar-refractivity contribution is -0.206. The first-order valence-electron chi connectivity index (χ1n) is 9.92. The molecular formula is C21H29N3O4. The van der Waals surface area contributed by atoms with Gasteiger partial charge < -0.3 is 9.74 Å². The topological polar surface area (TPSA) is 70.2 Å². The molecule has 152 valence electrons. The number of piperazine rings is 1. The Bertz CT molecular complexity index is 713. The average molecular weight is 387 g/mol. The zero-order valence-corrected chi connectivity index (χ0v) is 16.9. The van der Waals surface area contributed by atoms with E-state index >= 15 is 0 Å². The van der Waals surface area contributed by atoms with Crippen molar-refractivity contribution in [2.75, 3.05) is 39.3 Å². The molecule has 0 aliphatic carbocycles. The Morgan fingerprint density at radius 2 is 1.46 bits per heavy atom. The number of carbonyl (C=O) groups is 3. The molecule has 0 N–H and O–H groups in total. The molecule has 7 heteroatoms. The lowest BCUT2D eigenvalue weighted by Gasteiger charge is -2.34. The van der Waals surface area contributed by atoms with Crippen LogP contribution < -0.4 is 0 Å². The second-order valence-corrected chi connectivity index (χ2v) is 8.41. The molecular weight excluding hydrogens is 358 g/mol. The highest BCUT2D eigenvalue weighted by molar-refractivity contribution is 6.21. The highest BCUT2D eigenvalue weighted by atomic mass is 16.7. The Morgan fingerprint density at radius 1 is 0.929 bits per heavy atom. The molecule has 0 saturated carbocycles. The molecule has 0 unspecified atom stereocenters. The first-order valence-corrected chi connectivity index (χ1v) is 9.92. The summed E-state index contributed by atoms with van der Waals surface area (Å²) in [5, 5.41) is 1.74. The first kappa shape index (κ1) is 20.5. The predicted octanol–water partition coefficient (Wildman–Crippen LogP) is 2.18. The second-order valence-electron chi connectivity index (χ2n) is 8.41. The number of amides is 2. The molecule has 1 fully saturated rings. The van der Waals surface area contributed by atoms with Crippen molar-refractivity contribution in [3.63, 3.8) is 0 Å². The van der Waals surface area contributed by atoms with E-state index in [4.69, 9.17) is 4.84 Å². The van der Waals surface area contributed by atoms with E-state index in [1.54, 1.807) is 29.3 Å². The second kappa shape index (κ2) is 8.41. The van der Waals surface area contributed by atoms with Crippen molar-refractivity contribution in [3.05, 3.63) is 35.4 Å². The quantitative estimate of drug-likeness (QED) is 0.550. The predicted molar refractivity (Wildman–Crippen MR) is 105 cm³/mol. The molecule has 0 radical (unpaired) electrons. The van der Waals surface area contributed by atoms with Crippen LogP contribution in [-0.2, 0) is 9.63 Å². The van der Waals surface area contributed by atoms with Crippen LogP contribution in [0.25, 0.3) is 0 Å². The number of carbonyl (C=O) groups excluding carboxylic acids is 3. The Kier molecular flexibility index (Phi) is 6.15. The maximum Gasteiger partial charge on any atom is 0.330 e. The number of unbranched alkanes of at least 4 members (excludes halogenated alkanes) is 1. The van der Waals surface area contributed by atoms with Crippen molar-refractivity contribution in [1.82, 2.24) is 14.9 Å². The van der Waals surface area contributed by atoms with Crippen molar-refractivity contribution < 1.29 is 19.2 Å². The fourth-order valence-electron chi connectivity index (χ4n) is 3.35. The molecule has 2 aliphatic rings. The molecule has 2 amide bonds. The third-order valence-electron chi connectivity index (χ3n) is 5.14. The molecule has 3 rings (SSSR count). The number of benzene rings is 1. The maximum absolute atomic E-state index is 12.3. The molecule has 0 atom stereocenters. The van der Waals surface area contributed by atoms with Crippen LogP contribution in [0.4, 0.5) is 0 Å². The Labute approximate surface area is 166 Å². The van der Waals surface area contributed by atoms with Crippen LogP contribution in [0.1, 0.15) is 54.3 Å². The van der Waals surface area contributed by atoms with Gasteiger partial charge in [-0.05, 0) is 52.3 Å². The molecule has 1 aromatic rings. The van der Waals surface area contributed by atoms with Gasteiger partial charge in [0, 0.05) is 32.7 Å². The third kappa shape index (κ3) is 4.59. The first-order chi connectivity index (χ1) is 13.3. The molecule has 28 heavy (non-hydrogen) atoms. The van der Waals surface area contributed by atoms with E-state index in [0.29, 0.717) is 30.8 Å². The van der Waals surface area contributed by atoms with Gasteiger partial charge in [-0.3, -0.25) is 14.5 Å². The Morgan fingerprint density at radius 3 is 2.00 bits per heavy atom. The van der Waals surface area contributed by atoms with Gasteiger partial charge >= 0.3 is 5.97 Å². The lowest BCUT2D eigenvalue weighted by Crippen LogP contribution is -2.48. The smallest absolute Gasteiger partial charge is 0.330 e. The number of hydrogen-bond donors (Lipinski definition) is 0. The fourth-order valence-corrected chi connectivity index (χ4v) is 3.35. The molecule has 1 saturated heterocycles. The molecule has 2 heterocycles. The fraction of sp³-hybridized carbons (Fsp3) is 0.571. The van der Waals surface area contributed by atoms with Gasteiger partial charge in [-0.1, -0.05) is 12.1 Å². The van der Waals surface area contributed by atoms with Crippen LogP contribution in [0.5, 0.6) is 0 Å². The van der Waals surface area contributed by atoms with Gasteiger partial charge in [0.25, 0.3) is 11.8 Å². The zero-order valence-electron chi connectivity index (χ0n) is 16.9. The molecule has 0 aromatic heterocycles. The minimum Gasteiger partial charge on any atom is -0.367 e. The van der Waals surface area contributed by atoms with Crippen molar-refractivity contribution in [1.29, 1.82) is 0 Å². The highest BCUT2D eigenvalue weighted by Gasteiger charge is 2.34. The van der Waals surface area contributed by atoms with Gasteiger partial charge in [0.2, 0.25) is 0 Å². The van der Waals surface area contributed by atoms with E-state index < -0.39 is 5.41 Å². The largest absolute Gasteiger partial charge is 0.367 e. The van der Waals surface area contributed by atoms with E-state index in [0.717, 1.165) is 32.5 Å². The van der Waals surface area contributed by atoms with Gasteiger partial charge in [0.05, 0.1) is 16.5 Å². The Hall–Kier alpha value is -2.25. The summed E-state index contributed by atoms with van der Waals surface area (Å²) in [6.07, 6.45) is 1.69. The number of hydrogen-bond acceptors (Lipinski definition) is 6. The standard InChI is InChI=1S/C21H29N3O4/c1-21(2,3)20(27)28-23-14-12-22(13-15-23)10-6-7-11-24-18(25)16-8-4-5-9-17(16)19(24)26/h4-5,8-9H,6-7,10-15H2,1-3H3. The SMILES string of the molecule is CC(C)(C)C(=O)ON1CCN(CCCCN2C(=O)c3ccccc3C2=O)CC1.